The van der Waals surface area contributed by atoms with Crippen LogP contribution in [0.3, 0.4) is 0 Å². The Labute approximate surface area is 162 Å². The number of methoxy groups -OCH3 is 1. The first-order chi connectivity index (χ1) is 13.5. The van der Waals surface area contributed by atoms with Gasteiger partial charge in [-0.1, -0.05) is 12.1 Å². The van der Waals surface area contributed by atoms with Crippen LogP contribution in [-0.4, -0.2) is 48.6 Å². The molecule has 3 N–H and O–H groups in total. The number of pyridine rings is 1. The van der Waals surface area contributed by atoms with Crippen LogP contribution >= 0.6 is 0 Å². The minimum absolute atomic E-state index is 0.219. The second-order valence-electron chi connectivity index (χ2n) is 5.40. The van der Waals surface area contributed by atoms with Crippen molar-refractivity contribution in [3.05, 3.63) is 60.8 Å². The van der Waals surface area contributed by atoms with E-state index in [4.69, 9.17) is 14.6 Å². The summed E-state index contributed by atoms with van der Waals surface area (Å²) < 4.78 is 32.4. The molecule has 0 unspecified atom stereocenters. The Morgan fingerprint density at radius 1 is 1.14 bits per heavy atom. The van der Waals surface area contributed by atoms with Crippen LogP contribution in [0.5, 0.6) is 5.88 Å². The van der Waals surface area contributed by atoms with Crippen molar-refractivity contribution in [3.8, 4) is 17.0 Å². The Morgan fingerprint density at radius 3 is 2.46 bits per heavy atom. The largest absolute Gasteiger partial charge is 0.483 e. The fourth-order valence-corrected chi connectivity index (χ4v) is 3.38. The van der Waals surface area contributed by atoms with Crippen molar-refractivity contribution in [2.75, 3.05) is 13.7 Å². The molecule has 28 heavy (non-hydrogen) atoms. The van der Waals surface area contributed by atoms with Gasteiger partial charge in [-0.2, -0.15) is 0 Å². The zero-order chi connectivity index (χ0) is 20.4. The molecule has 3 aromatic rings. The molecule has 0 fully saturated rings. The van der Waals surface area contributed by atoms with Crippen LogP contribution in [0, 0.1) is 0 Å². The molecule has 0 radical (unpaired) electrons. The van der Waals surface area contributed by atoms with Crippen molar-refractivity contribution < 1.29 is 23.1 Å². The molecule has 9 nitrogen and oxygen atoms in total. The van der Waals surface area contributed by atoms with Crippen LogP contribution in [0.1, 0.15) is 5.82 Å². The van der Waals surface area contributed by atoms with Gasteiger partial charge in [0.05, 0.1) is 12.0 Å². The lowest BCUT2D eigenvalue weighted by Gasteiger charge is -2.08. The molecule has 0 amide bonds. The smallest absolute Gasteiger partial charge is 0.290 e. The summed E-state index contributed by atoms with van der Waals surface area (Å²) in [5.74, 6) is 1.25. The van der Waals surface area contributed by atoms with Gasteiger partial charge in [0, 0.05) is 37.6 Å². The number of hydrogen-bond acceptors (Lipinski definition) is 6. The van der Waals surface area contributed by atoms with Crippen LogP contribution in [0.2, 0.25) is 0 Å². The van der Waals surface area contributed by atoms with E-state index in [0.717, 1.165) is 17.0 Å². The number of imidazole rings is 1. The molecule has 10 heteroatoms. The van der Waals surface area contributed by atoms with Gasteiger partial charge in [0.25, 0.3) is 6.47 Å². The van der Waals surface area contributed by atoms with Gasteiger partial charge in [-0.25, -0.2) is 23.1 Å². The monoisotopic (exact) mass is 404 g/mol. The number of aromatic nitrogens is 3. The van der Waals surface area contributed by atoms with Gasteiger partial charge in [0.2, 0.25) is 15.9 Å². The molecule has 0 aliphatic carbocycles. The quantitative estimate of drug-likeness (QED) is 0.510. The van der Waals surface area contributed by atoms with Crippen molar-refractivity contribution in [3.63, 3.8) is 0 Å². The summed E-state index contributed by atoms with van der Waals surface area (Å²) in [4.78, 5) is 19.6. The maximum atomic E-state index is 12.3. The number of sulfonamides is 1. The molecule has 2 aromatic heterocycles. The first-order valence-electron chi connectivity index (χ1n) is 8.16. The van der Waals surface area contributed by atoms with Gasteiger partial charge >= 0.3 is 0 Å². The minimum atomic E-state index is -3.55. The summed E-state index contributed by atoms with van der Waals surface area (Å²) in [6.07, 6.45) is 5.49. The third-order valence-electron chi connectivity index (χ3n) is 3.65. The zero-order valence-electron chi connectivity index (χ0n) is 15.1. The number of nitrogens with one attached hydrogen (secondary N) is 2. The van der Waals surface area contributed by atoms with Gasteiger partial charge in [-0.15, -0.1) is 0 Å². The third-order valence-corrected chi connectivity index (χ3v) is 5.13. The average Bonchev–Trinajstić information content (AvgIpc) is 3.22. The number of rotatable bonds is 7. The van der Waals surface area contributed by atoms with Gasteiger partial charge < -0.3 is 14.8 Å². The predicted octanol–water partition coefficient (Wildman–Crippen LogP) is 1.70. The van der Waals surface area contributed by atoms with E-state index in [2.05, 4.69) is 19.7 Å². The molecule has 0 saturated heterocycles. The molecule has 0 aliphatic rings. The zero-order valence-corrected chi connectivity index (χ0v) is 15.9. The van der Waals surface area contributed by atoms with Crippen LogP contribution < -0.4 is 9.46 Å². The molecular formula is C18H20N4O5S. The maximum absolute atomic E-state index is 12.3. The Kier molecular flexibility index (Phi) is 7.66. The fourth-order valence-electron chi connectivity index (χ4n) is 2.35. The Hall–Kier alpha value is -3.24. The standard InChI is InChI=1S/C17H18N4O3S.CH2O2/c1-24-17-12-14(6-8-20-17)13-2-4-15(5-3-13)25(22,23)21-9-7-16-18-10-11-19-16;2-1-3/h2-6,8,10-12,21H,7,9H2,1H3,(H,18,19);1H,(H,2,3). The Bertz CT molecular complexity index is 973. The minimum Gasteiger partial charge on any atom is -0.483 e. The Balaban J connectivity index is 0.000000878. The first kappa shape index (κ1) is 21.1. The lowest BCUT2D eigenvalue weighted by Crippen LogP contribution is -2.26. The summed E-state index contributed by atoms with van der Waals surface area (Å²) in [6, 6.07) is 10.3. The van der Waals surface area contributed by atoms with Crippen LogP contribution in [0.25, 0.3) is 11.1 Å². The molecule has 3 rings (SSSR count). The van der Waals surface area contributed by atoms with E-state index in [0.29, 0.717) is 12.3 Å². The van der Waals surface area contributed by atoms with E-state index in [-0.39, 0.29) is 17.9 Å². The highest BCUT2D eigenvalue weighted by Gasteiger charge is 2.13. The van der Waals surface area contributed by atoms with Crippen molar-refractivity contribution >= 4 is 16.5 Å². The van der Waals surface area contributed by atoms with E-state index in [1.807, 2.05) is 6.07 Å². The maximum Gasteiger partial charge on any atom is 0.290 e. The van der Waals surface area contributed by atoms with Gasteiger partial charge in [0.15, 0.2) is 0 Å². The van der Waals surface area contributed by atoms with Gasteiger partial charge in [-0.3, -0.25) is 4.79 Å². The molecule has 0 spiro atoms. The molecule has 0 aliphatic heterocycles. The SMILES string of the molecule is COc1cc(-c2ccc(S(=O)(=O)NCCc3ncc[nH]3)cc2)ccn1.O=CO. The molecule has 1 aromatic carbocycles. The summed E-state index contributed by atoms with van der Waals surface area (Å²) in [5.41, 5.74) is 1.79. The first-order valence-corrected chi connectivity index (χ1v) is 9.64. The lowest BCUT2D eigenvalue weighted by atomic mass is 10.1. The number of ether oxygens (including phenoxy) is 1. The number of hydrogen-bond donors (Lipinski definition) is 3. The van der Waals surface area contributed by atoms with Crippen molar-refractivity contribution in [1.29, 1.82) is 0 Å². The second kappa shape index (κ2) is 10.2. The second-order valence-corrected chi connectivity index (χ2v) is 7.17. The highest BCUT2D eigenvalue weighted by molar-refractivity contribution is 7.89. The molecule has 148 valence electrons. The molecular weight excluding hydrogens is 384 g/mol. The number of nitrogens with zero attached hydrogens (tertiary/aromatic N) is 2. The molecule has 0 bridgehead atoms. The van der Waals surface area contributed by atoms with E-state index >= 15 is 0 Å². The number of carboxylic acid groups (broad SMARTS) is 1. The summed E-state index contributed by atoms with van der Waals surface area (Å²) >= 11 is 0. The predicted molar refractivity (Wildman–Crippen MR) is 102 cm³/mol. The lowest BCUT2D eigenvalue weighted by molar-refractivity contribution is -0.122. The topological polar surface area (TPSA) is 134 Å². The normalized spacial score (nSPS) is 10.6. The van der Waals surface area contributed by atoms with Crippen LogP contribution in [-0.2, 0) is 21.2 Å². The number of aromatic amines is 1. The van der Waals surface area contributed by atoms with Crippen LogP contribution in [0.15, 0.2) is 59.9 Å². The fraction of sp³-hybridized carbons (Fsp3) is 0.167. The van der Waals surface area contributed by atoms with E-state index < -0.39 is 10.0 Å². The Morgan fingerprint density at radius 2 is 1.86 bits per heavy atom. The summed E-state index contributed by atoms with van der Waals surface area (Å²) in [5, 5.41) is 6.89. The van der Waals surface area contributed by atoms with Crippen molar-refractivity contribution in [2.24, 2.45) is 0 Å². The molecule has 0 saturated carbocycles. The average molecular weight is 404 g/mol. The highest BCUT2D eigenvalue weighted by Crippen LogP contribution is 2.23. The number of benzene rings is 1. The van der Waals surface area contributed by atoms with E-state index in [9.17, 15) is 8.42 Å². The van der Waals surface area contributed by atoms with Gasteiger partial charge in [-0.05, 0) is 29.3 Å². The van der Waals surface area contributed by atoms with Crippen LogP contribution in [0.4, 0.5) is 0 Å². The number of H-pyrrole nitrogens is 1. The third kappa shape index (κ3) is 5.89. The summed E-state index contributed by atoms with van der Waals surface area (Å²) in [7, 11) is -2.00. The highest BCUT2D eigenvalue weighted by atomic mass is 32.2. The van der Waals surface area contributed by atoms with E-state index in [1.165, 1.54) is 0 Å². The van der Waals surface area contributed by atoms with E-state index in [1.54, 1.807) is 56.0 Å². The molecule has 2 heterocycles. The summed E-state index contributed by atoms with van der Waals surface area (Å²) in [6.45, 7) is 0.0269. The van der Waals surface area contributed by atoms with Crippen molar-refractivity contribution in [2.45, 2.75) is 11.3 Å². The van der Waals surface area contributed by atoms with Gasteiger partial charge in [0.1, 0.15) is 5.82 Å². The van der Waals surface area contributed by atoms with Crippen molar-refractivity contribution in [1.82, 2.24) is 19.7 Å². The number of carbonyl (C=O) groups is 1. The molecule has 0 atom stereocenters.